The van der Waals surface area contributed by atoms with Gasteiger partial charge < -0.3 is 9.80 Å². The van der Waals surface area contributed by atoms with Crippen molar-refractivity contribution < 1.29 is 4.92 Å². The minimum absolute atomic E-state index is 0.0522. The van der Waals surface area contributed by atoms with Crippen LogP contribution in [0.3, 0.4) is 0 Å². The minimum atomic E-state index is -0.373. The van der Waals surface area contributed by atoms with Gasteiger partial charge in [0, 0.05) is 32.2 Å². The molecule has 0 saturated carbocycles. The lowest BCUT2D eigenvalue weighted by atomic mass is 10.1. The van der Waals surface area contributed by atoms with Gasteiger partial charge in [0.25, 0.3) is 5.69 Å². The van der Waals surface area contributed by atoms with Crippen LogP contribution in [0.25, 0.3) is 0 Å². The van der Waals surface area contributed by atoms with Crippen LogP contribution in [-0.2, 0) is 0 Å². The van der Waals surface area contributed by atoms with Crippen molar-refractivity contribution in [3.05, 3.63) is 27.8 Å². The first-order valence-electron chi connectivity index (χ1n) is 7.43. The summed E-state index contributed by atoms with van der Waals surface area (Å²) < 4.78 is 0. The lowest BCUT2D eigenvalue weighted by molar-refractivity contribution is -0.384. The molecule has 0 spiro atoms. The average molecular weight is 286 g/mol. The molecule has 0 bridgehead atoms. The molecule has 21 heavy (non-hydrogen) atoms. The van der Waals surface area contributed by atoms with Crippen molar-refractivity contribution in [1.82, 2.24) is 0 Å². The molecule has 0 radical (unpaired) electrons. The van der Waals surface area contributed by atoms with Crippen LogP contribution < -0.4 is 9.80 Å². The summed E-state index contributed by atoms with van der Waals surface area (Å²) in [4.78, 5) is 15.2. The number of nitrogens with zero attached hydrogens (tertiary/aromatic N) is 4. The summed E-state index contributed by atoms with van der Waals surface area (Å²) in [6.45, 7) is 3.55. The Balaban J connectivity index is 2.09. The molecule has 2 fully saturated rings. The molecule has 110 valence electrons. The maximum atomic E-state index is 11.3. The van der Waals surface area contributed by atoms with Crippen molar-refractivity contribution in [1.29, 1.82) is 5.26 Å². The van der Waals surface area contributed by atoms with E-state index in [0.29, 0.717) is 11.3 Å². The second-order valence-electron chi connectivity index (χ2n) is 5.62. The van der Waals surface area contributed by atoms with E-state index < -0.39 is 0 Å². The highest BCUT2D eigenvalue weighted by Gasteiger charge is 2.27. The fraction of sp³-hybridized carbons (Fsp3) is 0.533. The quantitative estimate of drug-likeness (QED) is 0.631. The van der Waals surface area contributed by atoms with Crippen molar-refractivity contribution in [2.75, 3.05) is 36.0 Å². The van der Waals surface area contributed by atoms with Gasteiger partial charge in [-0.25, -0.2) is 0 Å². The molecule has 2 saturated heterocycles. The monoisotopic (exact) mass is 286 g/mol. The van der Waals surface area contributed by atoms with Crippen molar-refractivity contribution in [3.63, 3.8) is 0 Å². The van der Waals surface area contributed by atoms with Crippen LogP contribution in [0.15, 0.2) is 12.1 Å². The predicted molar refractivity (Wildman–Crippen MR) is 80.7 cm³/mol. The number of nitriles is 1. The Labute approximate surface area is 123 Å². The second kappa shape index (κ2) is 5.60. The smallest absolute Gasteiger partial charge is 0.294 e. The van der Waals surface area contributed by atoms with Crippen LogP contribution >= 0.6 is 0 Å². The van der Waals surface area contributed by atoms with Crippen LogP contribution in [0.4, 0.5) is 17.1 Å². The molecule has 0 atom stereocenters. The fourth-order valence-electron chi connectivity index (χ4n) is 3.23. The van der Waals surface area contributed by atoms with E-state index in [2.05, 4.69) is 15.9 Å². The molecule has 0 N–H and O–H groups in total. The number of benzene rings is 1. The molecule has 0 aliphatic carbocycles. The minimum Gasteiger partial charge on any atom is -0.370 e. The molecule has 6 heteroatoms. The Hall–Kier alpha value is -2.29. The van der Waals surface area contributed by atoms with Crippen LogP contribution in [0.2, 0.25) is 0 Å². The molecule has 2 heterocycles. The van der Waals surface area contributed by atoms with Crippen LogP contribution in [0.1, 0.15) is 31.2 Å². The van der Waals surface area contributed by atoms with Gasteiger partial charge in [-0.3, -0.25) is 10.1 Å². The molecule has 1 aromatic rings. The Bertz CT molecular complexity index is 596. The van der Waals surface area contributed by atoms with E-state index >= 15 is 0 Å². The van der Waals surface area contributed by atoms with Gasteiger partial charge in [-0.05, 0) is 31.7 Å². The Kier molecular flexibility index (Phi) is 3.65. The first-order valence-corrected chi connectivity index (χ1v) is 7.43. The number of nitro benzene ring substituents is 1. The molecule has 0 unspecified atom stereocenters. The number of anilines is 2. The van der Waals surface area contributed by atoms with Gasteiger partial charge in [0.05, 0.1) is 16.2 Å². The third-order valence-corrected chi connectivity index (χ3v) is 4.30. The SMILES string of the molecule is N#Cc1cc([N+](=O)[O-])c(N2CCCC2)cc1N1CCCC1. The molecule has 0 amide bonds. The zero-order chi connectivity index (χ0) is 14.8. The highest BCUT2D eigenvalue weighted by molar-refractivity contribution is 5.76. The summed E-state index contributed by atoms with van der Waals surface area (Å²) in [6.07, 6.45) is 4.36. The molecule has 1 aromatic carbocycles. The normalized spacial score (nSPS) is 18.0. The standard InChI is InChI=1S/C15H18N4O2/c16-11-12-9-15(19(20)21)14(18-7-3-4-8-18)10-13(12)17-5-1-2-6-17/h9-10H,1-8H2. The zero-order valence-electron chi connectivity index (χ0n) is 11.9. The van der Waals surface area contributed by atoms with E-state index in [-0.39, 0.29) is 10.6 Å². The van der Waals surface area contributed by atoms with Crippen LogP contribution in [-0.4, -0.2) is 31.1 Å². The summed E-state index contributed by atoms with van der Waals surface area (Å²) in [5.74, 6) is 0. The Morgan fingerprint density at radius 1 is 1.00 bits per heavy atom. The first kappa shape index (κ1) is 13.7. The lowest BCUT2D eigenvalue weighted by Gasteiger charge is -2.23. The highest BCUT2D eigenvalue weighted by atomic mass is 16.6. The van der Waals surface area contributed by atoms with Gasteiger partial charge in [-0.15, -0.1) is 0 Å². The van der Waals surface area contributed by atoms with Crippen LogP contribution in [0.5, 0.6) is 0 Å². The Morgan fingerprint density at radius 2 is 1.52 bits per heavy atom. The van der Waals surface area contributed by atoms with E-state index in [1.165, 1.54) is 6.07 Å². The van der Waals surface area contributed by atoms with Crippen LogP contribution in [0, 0.1) is 21.4 Å². The van der Waals surface area contributed by atoms with Gasteiger partial charge in [0.1, 0.15) is 11.8 Å². The van der Waals surface area contributed by atoms with Crippen molar-refractivity contribution in [2.24, 2.45) is 0 Å². The maximum absolute atomic E-state index is 11.3. The summed E-state index contributed by atoms with van der Waals surface area (Å²) in [5.41, 5.74) is 1.98. The molecular weight excluding hydrogens is 268 g/mol. The van der Waals surface area contributed by atoms with Gasteiger partial charge in [-0.2, -0.15) is 5.26 Å². The van der Waals surface area contributed by atoms with E-state index in [9.17, 15) is 15.4 Å². The van der Waals surface area contributed by atoms with E-state index in [4.69, 9.17) is 0 Å². The van der Waals surface area contributed by atoms with E-state index in [1.54, 1.807) is 0 Å². The predicted octanol–water partition coefficient (Wildman–Crippen LogP) is 2.67. The maximum Gasteiger partial charge on any atom is 0.294 e. The van der Waals surface area contributed by atoms with E-state index in [0.717, 1.165) is 57.5 Å². The molecule has 6 nitrogen and oxygen atoms in total. The van der Waals surface area contributed by atoms with Gasteiger partial charge in [0.15, 0.2) is 0 Å². The van der Waals surface area contributed by atoms with E-state index in [1.807, 2.05) is 6.07 Å². The lowest BCUT2D eigenvalue weighted by Crippen LogP contribution is -2.22. The topological polar surface area (TPSA) is 73.4 Å². The highest BCUT2D eigenvalue weighted by Crippen LogP contribution is 2.37. The van der Waals surface area contributed by atoms with Gasteiger partial charge in [-0.1, -0.05) is 0 Å². The van der Waals surface area contributed by atoms with Crippen molar-refractivity contribution >= 4 is 17.1 Å². The third-order valence-electron chi connectivity index (χ3n) is 4.30. The van der Waals surface area contributed by atoms with Crippen molar-refractivity contribution in [3.8, 4) is 6.07 Å². The average Bonchev–Trinajstić information content (AvgIpc) is 3.18. The van der Waals surface area contributed by atoms with Gasteiger partial charge in [0.2, 0.25) is 0 Å². The molecule has 3 rings (SSSR count). The number of rotatable bonds is 3. The summed E-state index contributed by atoms with van der Waals surface area (Å²) in [7, 11) is 0. The number of nitro groups is 1. The molecule has 0 aromatic heterocycles. The molecule has 2 aliphatic rings. The fourth-order valence-corrected chi connectivity index (χ4v) is 3.23. The molecular formula is C15H18N4O2. The summed E-state index contributed by atoms with van der Waals surface area (Å²) in [6, 6.07) is 5.42. The molecule has 2 aliphatic heterocycles. The number of hydrogen-bond acceptors (Lipinski definition) is 5. The number of hydrogen-bond donors (Lipinski definition) is 0. The summed E-state index contributed by atoms with van der Waals surface area (Å²) >= 11 is 0. The largest absolute Gasteiger partial charge is 0.370 e. The summed E-state index contributed by atoms with van der Waals surface area (Å²) in [5, 5.41) is 20.7. The third kappa shape index (κ3) is 2.51. The Morgan fingerprint density at radius 3 is 2.00 bits per heavy atom. The first-order chi connectivity index (χ1) is 10.2. The van der Waals surface area contributed by atoms with Gasteiger partial charge >= 0.3 is 0 Å². The second-order valence-corrected chi connectivity index (χ2v) is 5.62. The zero-order valence-corrected chi connectivity index (χ0v) is 11.9. The van der Waals surface area contributed by atoms with Crippen molar-refractivity contribution in [2.45, 2.75) is 25.7 Å².